The molecule has 0 aromatic heterocycles. The number of nitrogens with one attached hydrogen (secondary N) is 1. The minimum atomic E-state index is 0.315. The summed E-state index contributed by atoms with van der Waals surface area (Å²) in [4.78, 5) is 0. The van der Waals surface area contributed by atoms with Crippen LogP contribution in [0.1, 0.15) is 26.7 Å². The molecule has 0 aromatic rings. The van der Waals surface area contributed by atoms with E-state index < -0.39 is 0 Å². The summed E-state index contributed by atoms with van der Waals surface area (Å²) in [7, 11) is 0. The van der Waals surface area contributed by atoms with Crippen molar-refractivity contribution in [3.05, 3.63) is 0 Å². The van der Waals surface area contributed by atoms with Gasteiger partial charge >= 0.3 is 0 Å². The van der Waals surface area contributed by atoms with Crippen LogP contribution in [0.5, 0.6) is 0 Å². The highest BCUT2D eigenvalue weighted by Gasteiger charge is 2.58. The molecular weight excluding hydrogens is 176 g/mol. The second-order valence-corrected chi connectivity index (χ2v) is 5.14. The van der Waals surface area contributed by atoms with Gasteiger partial charge in [-0.3, -0.25) is 0 Å². The quantitative estimate of drug-likeness (QED) is 0.655. The van der Waals surface area contributed by atoms with Gasteiger partial charge in [-0.1, -0.05) is 13.8 Å². The number of rotatable bonds is 4. The molecule has 3 atom stereocenters. The van der Waals surface area contributed by atoms with Gasteiger partial charge < -0.3 is 15.8 Å². The molecular formula is C11H22N2O. The zero-order valence-electron chi connectivity index (χ0n) is 9.25. The Morgan fingerprint density at radius 2 is 2.29 bits per heavy atom. The molecule has 2 fully saturated rings. The average molecular weight is 198 g/mol. The fourth-order valence-electron chi connectivity index (χ4n) is 3.10. The molecule has 14 heavy (non-hydrogen) atoms. The SMILES string of the molecule is CC1(C)C(NCCCN)C2CCOC21. The van der Waals surface area contributed by atoms with Crippen molar-refractivity contribution in [1.82, 2.24) is 5.32 Å². The topological polar surface area (TPSA) is 47.3 Å². The Morgan fingerprint density at radius 3 is 3.00 bits per heavy atom. The Kier molecular flexibility index (Phi) is 2.82. The van der Waals surface area contributed by atoms with E-state index >= 15 is 0 Å². The van der Waals surface area contributed by atoms with Crippen LogP contribution in [0.3, 0.4) is 0 Å². The maximum atomic E-state index is 5.74. The molecule has 1 saturated heterocycles. The van der Waals surface area contributed by atoms with E-state index in [4.69, 9.17) is 10.5 Å². The van der Waals surface area contributed by atoms with Crippen molar-refractivity contribution < 1.29 is 4.74 Å². The number of hydrogen-bond acceptors (Lipinski definition) is 3. The molecule has 2 rings (SSSR count). The van der Waals surface area contributed by atoms with Gasteiger partial charge in [0, 0.05) is 24.0 Å². The van der Waals surface area contributed by atoms with E-state index in [0.717, 1.165) is 32.0 Å². The van der Waals surface area contributed by atoms with E-state index in [1.54, 1.807) is 0 Å². The molecule has 0 amide bonds. The van der Waals surface area contributed by atoms with Gasteiger partial charge in [-0.05, 0) is 25.9 Å². The van der Waals surface area contributed by atoms with E-state index in [-0.39, 0.29) is 0 Å². The molecule has 3 N–H and O–H groups in total. The Bertz CT molecular complexity index is 205. The molecule has 1 aliphatic heterocycles. The summed E-state index contributed by atoms with van der Waals surface area (Å²) in [6, 6.07) is 0.640. The fourth-order valence-corrected chi connectivity index (χ4v) is 3.10. The summed E-state index contributed by atoms with van der Waals surface area (Å²) < 4.78 is 5.74. The van der Waals surface area contributed by atoms with Crippen LogP contribution in [0.15, 0.2) is 0 Å². The molecule has 82 valence electrons. The molecule has 3 unspecified atom stereocenters. The summed E-state index contributed by atoms with van der Waals surface area (Å²) in [5, 5.41) is 3.62. The lowest BCUT2D eigenvalue weighted by Gasteiger charge is -2.55. The third kappa shape index (κ3) is 1.47. The van der Waals surface area contributed by atoms with E-state index in [0.29, 0.717) is 17.6 Å². The van der Waals surface area contributed by atoms with Crippen LogP contribution in [0.4, 0.5) is 0 Å². The fraction of sp³-hybridized carbons (Fsp3) is 1.00. The van der Waals surface area contributed by atoms with E-state index in [1.807, 2.05) is 0 Å². The van der Waals surface area contributed by atoms with Gasteiger partial charge in [-0.15, -0.1) is 0 Å². The maximum absolute atomic E-state index is 5.74. The molecule has 0 radical (unpaired) electrons. The molecule has 1 aliphatic carbocycles. The number of nitrogens with two attached hydrogens (primary N) is 1. The molecule has 1 saturated carbocycles. The average Bonchev–Trinajstić information content (AvgIpc) is 2.58. The monoisotopic (exact) mass is 198 g/mol. The van der Waals surface area contributed by atoms with Gasteiger partial charge in [0.25, 0.3) is 0 Å². The molecule has 0 bridgehead atoms. The van der Waals surface area contributed by atoms with Gasteiger partial charge in [-0.2, -0.15) is 0 Å². The Hall–Kier alpha value is -0.120. The molecule has 3 nitrogen and oxygen atoms in total. The summed E-state index contributed by atoms with van der Waals surface area (Å²) in [6.07, 6.45) is 2.80. The summed E-state index contributed by atoms with van der Waals surface area (Å²) in [5.74, 6) is 0.753. The van der Waals surface area contributed by atoms with Crippen molar-refractivity contribution >= 4 is 0 Å². The van der Waals surface area contributed by atoms with Crippen LogP contribution in [0, 0.1) is 11.3 Å². The van der Waals surface area contributed by atoms with Gasteiger partial charge in [0.05, 0.1) is 6.10 Å². The highest BCUT2D eigenvalue weighted by atomic mass is 16.5. The standard InChI is InChI=1S/C11H22N2O/c1-11(2)9(13-6-3-5-12)8-4-7-14-10(8)11/h8-10,13H,3-7,12H2,1-2H3. The predicted octanol–water partition coefficient (Wildman–Crippen LogP) is 0.738. The van der Waals surface area contributed by atoms with Crippen molar-refractivity contribution in [1.29, 1.82) is 0 Å². The second kappa shape index (κ2) is 3.80. The van der Waals surface area contributed by atoms with E-state index in [1.165, 1.54) is 6.42 Å². The number of hydrogen-bond donors (Lipinski definition) is 2. The van der Waals surface area contributed by atoms with E-state index in [2.05, 4.69) is 19.2 Å². The smallest absolute Gasteiger partial charge is 0.0685 e. The van der Waals surface area contributed by atoms with Crippen LogP contribution in [-0.2, 0) is 4.74 Å². The first-order valence-corrected chi connectivity index (χ1v) is 5.73. The van der Waals surface area contributed by atoms with Crippen LogP contribution in [-0.4, -0.2) is 31.8 Å². The summed E-state index contributed by atoms with van der Waals surface area (Å²) >= 11 is 0. The molecule has 1 heterocycles. The lowest BCUT2D eigenvalue weighted by Crippen LogP contribution is -2.65. The van der Waals surface area contributed by atoms with Crippen LogP contribution in [0.2, 0.25) is 0 Å². The first-order chi connectivity index (χ1) is 6.68. The minimum Gasteiger partial charge on any atom is -0.377 e. The van der Waals surface area contributed by atoms with Crippen molar-refractivity contribution in [2.24, 2.45) is 17.1 Å². The summed E-state index contributed by atoms with van der Waals surface area (Å²) in [5.41, 5.74) is 5.80. The van der Waals surface area contributed by atoms with Crippen LogP contribution < -0.4 is 11.1 Å². The zero-order valence-corrected chi connectivity index (χ0v) is 9.25. The first-order valence-electron chi connectivity index (χ1n) is 5.73. The lowest BCUT2D eigenvalue weighted by molar-refractivity contribution is -0.112. The highest BCUT2D eigenvalue weighted by Crippen LogP contribution is 2.51. The Morgan fingerprint density at radius 1 is 1.50 bits per heavy atom. The van der Waals surface area contributed by atoms with Gasteiger partial charge in [0.15, 0.2) is 0 Å². The minimum absolute atomic E-state index is 0.315. The van der Waals surface area contributed by atoms with Gasteiger partial charge in [0.2, 0.25) is 0 Å². The number of fused-ring (bicyclic) bond motifs is 1. The van der Waals surface area contributed by atoms with Crippen molar-refractivity contribution in [2.75, 3.05) is 19.7 Å². The van der Waals surface area contributed by atoms with Crippen LogP contribution in [0.25, 0.3) is 0 Å². The third-order valence-corrected chi connectivity index (χ3v) is 3.85. The Balaban J connectivity index is 1.86. The highest BCUT2D eigenvalue weighted by molar-refractivity contribution is 5.11. The van der Waals surface area contributed by atoms with E-state index in [9.17, 15) is 0 Å². The van der Waals surface area contributed by atoms with Gasteiger partial charge in [0.1, 0.15) is 0 Å². The third-order valence-electron chi connectivity index (χ3n) is 3.85. The first kappa shape index (κ1) is 10.4. The second-order valence-electron chi connectivity index (χ2n) is 5.14. The zero-order chi connectivity index (χ0) is 10.2. The number of ether oxygens (including phenoxy) is 1. The predicted molar refractivity (Wildman–Crippen MR) is 57.1 cm³/mol. The normalized spacial score (nSPS) is 39.2. The van der Waals surface area contributed by atoms with Gasteiger partial charge in [-0.25, -0.2) is 0 Å². The van der Waals surface area contributed by atoms with Crippen molar-refractivity contribution in [3.8, 4) is 0 Å². The molecule has 0 aromatic carbocycles. The van der Waals surface area contributed by atoms with Crippen LogP contribution >= 0.6 is 0 Å². The molecule has 0 spiro atoms. The molecule has 2 aliphatic rings. The largest absolute Gasteiger partial charge is 0.377 e. The van der Waals surface area contributed by atoms with Crippen molar-refractivity contribution in [2.45, 2.75) is 38.8 Å². The Labute approximate surface area is 86.4 Å². The lowest BCUT2D eigenvalue weighted by atomic mass is 9.57. The van der Waals surface area contributed by atoms with Crippen molar-refractivity contribution in [3.63, 3.8) is 0 Å². The maximum Gasteiger partial charge on any atom is 0.0685 e. The summed E-state index contributed by atoms with van der Waals surface area (Å²) in [6.45, 7) is 7.39. The molecule has 3 heteroatoms.